The molecule has 0 N–H and O–H groups in total. The van der Waals surface area contributed by atoms with Crippen LogP contribution in [0.25, 0.3) is 5.65 Å². The number of nitrogens with zero attached hydrogens (tertiary/aromatic N) is 5. The van der Waals surface area contributed by atoms with E-state index in [2.05, 4.69) is 15.3 Å². The quantitative estimate of drug-likeness (QED) is 0.753. The first kappa shape index (κ1) is 14.6. The second kappa shape index (κ2) is 4.30. The van der Waals surface area contributed by atoms with Crippen molar-refractivity contribution in [2.75, 3.05) is 18.0 Å². The van der Waals surface area contributed by atoms with Gasteiger partial charge in [-0.2, -0.15) is 17.7 Å². The Labute approximate surface area is 127 Å². The summed E-state index contributed by atoms with van der Waals surface area (Å²) in [7, 11) is 0. The van der Waals surface area contributed by atoms with Crippen LogP contribution in [0.2, 0.25) is 0 Å². The molecule has 2 fully saturated rings. The van der Waals surface area contributed by atoms with Crippen molar-refractivity contribution in [1.82, 2.24) is 19.8 Å². The van der Waals surface area contributed by atoms with Gasteiger partial charge in [0.1, 0.15) is 5.82 Å². The van der Waals surface area contributed by atoms with Gasteiger partial charge in [0, 0.05) is 19.5 Å². The summed E-state index contributed by atoms with van der Waals surface area (Å²) in [4.78, 5) is 1.62. The van der Waals surface area contributed by atoms with Gasteiger partial charge in [0.25, 0.3) is 11.7 Å². The van der Waals surface area contributed by atoms with Crippen LogP contribution in [-0.4, -0.2) is 38.8 Å². The molecule has 1 atom stereocenters. The minimum absolute atomic E-state index is 0.0375. The first-order valence-electron chi connectivity index (χ1n) is 7.14. The summed E-state index contributed by atoms with van der Waals surface area (Å²) in [6, 6.07) is 2.85. The molecule has 0 bridgehead atoms. The molecule has 23 heavy (non-hydrogen) atoms. The molecule has 1 aliphatic carbocycles. The number of aromatic nitrogens is 4. The zero-order chi connectivity index (χ0) is 16.5. The predicted octanol–water partition coefficient (Wildman–Crippen LogP) is 2.77. The van der Waals surface area contributed by atoms with Crippen LogP contribution in [0.5, 0.6) is 0 Å². The van der Waals surface area contributed by atoms with Crippen LogP contribution in [0.3, 0.4) is 0 Å². The summed E-state index contributed by atoms with van der Waals surface area (Å²) >= 11 is 0. The third-order valence-corrected chi connectivity index (χ3v) is 4.61. The van der Waals surface area contributed by atoms with Crippen molar-refractivity contribution in [2.45, 2.75) is 31.4 Å². The second-order valence-electron chi connectivity index (χ2n) is 6.17. The fraction of sp³-hybridized carbons (Fsp3) is 0.615. The summed E-state index contributed by atoms with van der Waals surface area (Å²) in [5, 5.41) is 10.5. The SMILES string of the molecule is FC(F)(F)c1nnc2ccc(N3CCCC4(C3)CC4(F)F)nn12. The second-order valence-corrected chi connectivity index (χ2v) is 6.17. The lowest BCUT2D eigenvalue weighted by Crippen LogP contribution is -2.39. The van der Waals surface area contributed by atoms with E-state index in [9.17, 15) is 22.0 Å². The molecule has 3 heterocycles. The minimum atomic E-state index is -4.68. The van der Waals surface area contributed by atoms with Crippen molar-refractivity contribution in [3.05, 3.63) is 18.0 Å². The number of piperidine rings is 1. The third kappa shape index (κ3) is 2.14. The minimum Gasteiger partial charge on any atom is -0.354 e. The molecule has 2 aliphatic rings. The van der Waals surface area contributed by atoms with E-state index in [1.54, 1.807) is 4.90 Å². The van der Waals surface area contributed by atoms with Gasteiger partial charge in [0.2, 0.25) is 0 Å². The zero-order valence-electron chi connectivity index (χ0n) is 11.8. The van der Waals surface area contributed by atoms with E-state index in [1.807, 2.05) is 0 Å². The van der Waals surface area contributed by atoms with Gasteiger partial charge >= 0.3 is 6.18 Å². The van der Waals surface area contributed by atoms with Crippen molar-refractivity contribution >= 4 is 11.5 Å². The Morgan fingerprint density at radius 2 is 1.87 bits per heavy atom. The molecule has 1 saturated carbocycles. The largest absolute Gasteiger partial charge is 0.453 e. The number of rotatable bonds is 1. The van der Waals surface area contributed by atoms with Gasteiger partial charge in [-0.25, -0.2) is 8.78 Å². The molecule has 1 unspecified atom stereocenters. The van der Waals surface area contributed by atoms with Crippen LogP contribution in [0, 0.1) is 5.41 Å². The Morgan fingerprint density at radius 3 is 2.52 bits per heavy atom. The van der Waals surface area contributed by atoms with E-state index in [-0.39, 0.29) is 24.4 Å². The summed E-state index contributed by atoms with van der Waals surface area (Å²) in [5.41, 5.74) is -1.09. The molecular weight excluding hydrogens is 321 g/mol. The van der Waals surface area contributed by atoms with Crippen molar-refractivity contribution < 1.29 is 22.0 Å². The molecule has 0 aromatic carbocycles. The van der Waals surface area contributed by atoms with Gasteiger partial charge in [0.05, 0.1) is 5.41 Å². The molecule has 1 spiro atoms. The Bertz CT molecular complexity index is 770. The van der Waals surface area contributed by atoms with Crippen molar-refractivity contribution in [3.63, 3.8) is 0 Å². The number of hydrogen-bond donors (Lipinski definition) is 0. The van der Waals surface area contributed by atoms with Crippen LogP contribution in [0.4, 0.5) is 27.8 Å². The van der Waals surface area contributed by atoms with Crippen molar-refractivity contribution in [2.24, 2.45) is 5.41 Å². The fourth-order valence-electron chi connectivity index (χ4n) is 3.28. The van der Waals surface area contributed by atoms with Crippen LogP contribution in [0.1, 0.15) is 25.1 Å². The highest BCUT2D eigenvalue weighted by atomic mass is 19.4. The molecule has 2 aromatic heterocycles. The molecule has 124 valence electrons. The highest BCUT2D eigenvalue weighted by Crippen LogP contribution is 2.64. The fourth-order valence-corrected chi connectivity index (χ4v) is 3.28. The lowest BCUT2D eigenvalue weighted by Gasteiger charge is -2.33. The third-order valence-electron chi connectivity index (χ3n) is 4.61. The summed E-state index contributed by atoms with van der Waals surface area (Å²) in [6.07, 6.45) is -3.86. The monoisotopic (exact) mass is 333 g/mol. The lowest BCUT2D eigenvalue weighted by atomic mass is 9.94. The van der Waals surface area contributed by atoms with E-state index in [0.29, 0.717) is 23.9 Å². The molecule has 5 nitrogen and oxygen atoms in total. The maximum atomic E-state index is 13.6. The van der Waals surface area contributed by atoms with Crippen LogP contribution < -0.4 is 4.90 Å². The molecule has 1 aliphatic heterocycles. The van der Waals surface area contributed by atoms with Gasteiger partial charge in [0.15, 0.2) is 5.65 Å². The Balaban J connectivity index is 1.69. The Kier molecular flexibility index (Phi) is 2.72. The van der Waals surface area contributed by atoms with Crippen molar-refractivity contribution in [3.8, 4) is 0 Å². The molecule has 4 rings (SSSR count). The smallest absolute Gasteiger partial charge is 0.354 e. The highest BCUT2D eigenvalue weighted by Gasteiger charge is 2.71. The summed E-state index contributed by atoms with van der Waals surface area (Å²) in [5.74, 6) is -3.69. The van der Waals surface area contributed by atoms with Gasteiger partial charge in [-0.3, -0.25) is 0 Å². The van der Waals surface area contributed by atoms with E-state index in [0.717, 1.165) is 0 Å². The molecule has 2 aromatic rings. The molecule has 1 saturated heterocycles. The van der Waals surface area contributed by atoms with E-state index < -0.39 is 23.3 Å². The van der Waals surface area contributed by atoms with E-state index >= 15 is 0 Å². The first-order valence-corrected chi connectivity index (χ1v) is 7.14. The number of alkyl halides is 5. The van der Waals surface area contributed by atoms with E-state index in [1.165, 1.54) is 12.1 Å². The van der Waals surface area contributed by atoms with Gasteiger partial charge in [-0.05, 0) is 25.0 Å². The van der Waals surface area contributed by atoms with Gasteiger partial charge < -0.3 is 4.90 Å². The molecule has 0 amide bonds. The number of fused-ring (bicyclic) bond motifs is 1. The van der Waals surface area contributed by atoms with Crippen LogP contribution in [-0.2, 0) is 6.18 Å². The standard InChI is InChI=1S/C13H12F5N5/c14-12(15)6-11(12)4-1-5-22(7-11)9-3-2-8-19-20-10(13(16,17)18)23(8)21-9/h2-3H,1,4-7H2. The highest BCUT2D eigenvalue weighted by molar-refractivity contribution is 5.47. The maximum absolute atomic E-state index is 13.6. The zero-order valence-corrected chi connectivity index (χ0v) is 11.8. The maximum Gasteiger partial charge on any atom is 0.453 e. The van der Waals surface area contributed by atoms with Crippen molar-refractivity contribution in [1.29, 1.82) is 0 Å². The van der Waals surface area contributed by atoms with Crippen LogP contribution in [0.15, 0.2) is 12.1 Å². The average molecular weight is 333 g/mol. The summed E-state index contributed by atoms with van der Waals surface area (Å²) in [6.45, 7) is 0.585. The summed E-state index contributed by atoms with van der Waals surface area (Å²) < 4.78 is 66.4. The predicted molar refractivity (Wildman–Crippen MR) is 69.2 cm³/mol. The number of hydrogen-bond acceptors (Lipinski definition) is 4. The molecular formula is C13H12F5N5. The van der Waals surface area contributed by atoms with Gasteiger partial charge in [-0.15, -0.1) is 15.3 Å². The topological polar surface area (TPSA) is 46.3 Å². The molecule has 10 heteroatoms. The first-order chi connectivity index (χ1) is 10.7. The average Bonchev–Trinajstić information content (AvgIpc) is 2.85. The number of halogens is 5. The van der Waals surface area contributed by atoms with E-state index in [4.69, 9.17) is 0 Å². The Morgan fingerprint density at radius 1 is 1.13 bits per heavy atom. The normalized spacial score (nSPS) is 26.9. The Hall–Kier alpha value is -2.00. The molecule has 0 radical (unpaired) electrons. The number of anilines is 1. The lowest BCUT2D eigenvalue weighted by molar-refractivity contribution is -0.146. The van der Waals surface area contributed by atoms with Gasteiger partial charge in [-0.1, -0.05) is 0 Å². The van der Waals surface area contributed by atoms with Crippen LogP contribution >= 0.6 is 0 Å².